The summed E-state index contributed by atoms with van der Waals surface area (Å²) in [5.41, 5.74) is 8.91. The zero-order valence-corrected chi connectivity index (χ0v) is 41.9. The zero-order valence-electron chi connectivity index (χ0n) is 41.9. The number of fused-ring (bicyclic) bond motifs is 2. The van der Waals surface area contributed by atoms with Crippen LogP contribution in [0.5, 0.6) is 11.6 Å². The average molecular weight is 977 g/mol. The number of anilines is 6. The molecule has 0 aliphatic carbocycles. The van der Waals surface area contributed by atoms with Gasteiger partial charge in [-0.05, 0) is 119 Å². The van der Waals surface area contributed by atoms with E-state index >= 15 is 0 Å². The van der Waals surface area contributed by atoms with E-state index in [4.69, 9.17) is 23.9 Å². The van der Waals surface area contributed by atoms with Gasteiger partial charge in [0, 0.05) is 86.5 Å². The van der Waals surface area contributed by atoms with Gasteiger partial charge in [-0.25, -0.2) is 24.5 Å². The lowest BCUT2D eigenvalue weighted by atomic mass is 9.82. The van der Waals surface area contributed by atoms with E-state index in [2.05, 4.69) is 66.4 Å². The third kappa shape index (κ3) is 9.59. The number of rotatable bonds is 10. The lowest BCUT2D eigenvalue weighted by molar-refractivity contribution is -0.129. The van der Waals surface area contributed by atoms with Crippen LogP contribution in [0.15, 0.2) is 85.2 Å². The number of carbonyl (C=O) groups is 3. The fourth-order valence-corrected chi connectivity index (χ4v) is 11.1. The second-order valence-corrected chi connectivity index (χ2v) is 21.0. The van der Waals surface area contributed by atoms with Crippen molar-refractivity contribution in [1.82, 2.24) is 24.8 Å². The topological polar surface area (TPSA) is 158 Å². The van der Waals surface area contributed by atoms with Crippen molar-refractivity contribution in [2.45, 2.75) is 96.1 Å². The standard InChI is InChI=1S/C55H64N10O7/c1-36-47(30-56-50-49(36)64(26-27-70-50)53(68)72-54(2,3)4)61-22-18-39-29-57-51(59-46(39)34-61)58-41-10-8-38(9-11-41)40-28-55(71-35-40)20-24-60(25-21-55)44-32-62(33-44)42-12-14-43(15-13-42)63-23-19-48(66)65(52(63)67)31-37-6-16-45(69-5)17-7-37/h6-17,29-30,40,44H,18-28,31-35H2,1-5H3,(H,57,58,59). The van der Waals surface area contributed by atoms with Gasteiger partial charge in [0.15, 0.2) is 0 Å². The quantitative estimate of drug-likeness (QED) is 0.143. The number of amides is 4. The van der Waals surface area contributed by atoms with Crippen LogP contribution in [-0.2, 0) is 33.8 Å². The predicted molar refractivity (Wildman–Crippen MR) is 275 cm³/mol. The Kier molecular flexibility index (Phi) is 12.6. The van der Waals surface area contributed by atoms with Gasteiger partial charge in [0.05, 0.1) is 56.5 Å². The van der Waals surface area contributed by atoms with Gasteiger partial charge in [0.1, 0.15) is 23.6 Å². The summed E-state index contributed by atoms with van der Waals surface area (Å²) in [7, 11) is 1.61. The van der Waals surface area contributed by atoms with Crippen LogP contribution in [0.3, 0.4) is 0 Å². The number of hydrogen-bond donors (Lipinski definition) is 1. The molecule has 1 spiro atoms. The maximum absolute atomic E-state index is 13.5. The summed E-state index contributed by atoms with van der Waals surface area (Å²) in [5, 5.41) is 3.45. The maximum Gasteiger partial charge on any atom is 0.415 e. The monoisotopic (exact) mass is 976 g/mol. The molecule has 1 atom stereocenters. The summed E-state index contributed by atoms with van der Waals surface area (Å²) in [5.74, 6) is 1.92. The van der Waals surface area contributed by atoms with Crippen LogP contribution in [0.25, 0.3) is 0 Å². The Labute approximate surface area is 421 Å². The number of aromatic nitrogens is 3. The van der Waals surface area contributed by atoms with Crippen molar-refractivity contribution in [2.75, 3.05) is 91.1 Å². The average Bonchev–Trinajstić information content (AvgIpc) is 3.78. The minimum atomic E-state index is -0.621. The summed E-state index contributed by atoms with van der Waals surface area (Å²) in [4.78, 5) is 65.9. The zero-order chi connectivity index (χ0) is 49.7. The number of piperidine rings is 1. The normalized spacial score (nSPS) is 20.2. The molecule has 0 saturated carbocycles. The molecule has 0 bridgehead atoms. The van der Waals surface area contributed by atoms with Crippen LogP contribution in [0.1, 0.15) is 80.3 Å². The molecule has 0 radical (unpaired) electrons. The number of methoxy groups -OCH3 is 1. The number of hydrogen-bond acceptors (Lipinski definition) is 14. The van der Waals surface area contributed by atoms with Gasteiger partial charge in [0.25, 0.3) is 0 Å². The van der Waals surface area contributed by atoms with Crippen molar-refractivity contribution >= 4 is 52.4 Å². The third-order valence-electron chi connectivity index (χ3n) is 15.2. The lowest BCUT2D eigenvalue weighted by Gasteiger charge is -2.50. The number of likely N-dealkylation sites (tertiary alicyclic amines) is 1. The molecule has 17 nitrogen and oxygen atoms in total. The van der Waals surface area contributed by atoms with E-state index in [0.29, 0.717) is 55.7 Å². The third-order valence-corrected chi connectivity index (χ3v) is 15.2. The Bertz CT molecular complexity index is 2820. The number of urea groups is 1. The molecular formula is C55H64N10O7. The molecule has 1 N–H and O–H groups in total. The number of nitrogens with one attached hydrogen (secondary N) is 1. The van der Waals surface area contributed by atoms with Crippen LogP contribution in [0.4, 0.5) is 44.0 Å². The van der Waals surface area contributed by atoms with Crippen LogP contribution in [0.2, 0.25) is 0 Å². The van der Waals surface area contributed by atoms with Crippen molar-refractivity contribution in [3.63, 3.8) is 0 Å². The van der Waals surface area contributed by atoms with E-state index in [1.165, 1.54) is 10.5 Å². The molecule has 4 amide bonds. The number of imide groups is 1. The fourth-order valence-electron chi connectivity index (χ4n) is 11.1. The van der Waals surface area contributed by atoms with E-state index in [1.54, 1.807) is 16.9 Å². The first kappa shape index (κ1) is 47.4. The van der Waals surface area contributed by atoms with Crippen molar-refractivity contribution in [1.29, 1.82) is 0 Å². The first-order chi connectivity index (χ1) is 34.8. The van der Waals surface area contributed by atoms with Gasteiger partial charge < -0.3 is 34.1 Å². The van der Waals surface area contributed by atoms with Crippen LogP contribution in [-0.4, -0.2) is 126 Å². The first-order valence-corrected chi connectivity index (χ1v) is 25.4. The number of pyridine rings is 1. The summed E-state index contributed by atoms with van der Waals surface area (Å²) >= 11 is 0. The first-order valence-electron chi connectivity index (χ1n) is 25.4. The summed E-state index contributed by atoms with van der Waals surface area (Å²) in [6.07, 6.45) is 7.52. The van der Waals surface area contributed by atoms with Crippen LogP contribution in [0, 0.1) is 6.92 Å². The molecule has 3 aromatic carbocycles. The fraction of sp³-hybridized carbons (Fsp3) is 0.455. The largest absolute Gasteiger partial charge is 0.497 e. The molecule has 1 unspecified atom stereocenters. The molecule has 376 valence electrons. The molecule has 4 saturated heterocycles. The highest BCUT2D eigenvalue weighted by molar-refractivity contribution is 6.05. The molecule has 6 aliphatic rings. The van der Waals surface area contributed by atoms with E-state index in [0.717, 1.165) is 116 Å². The molecule has 2 aromatic heterocycles. The van der Waals surface area contributed by atoms with E-state index < -0.39 is 11.7 Å². The van der Waals surface area contributed by atoms with E-state index in [1.807, 2.05) is 76.5 Å². The molecule has 4 fully saturated rings. The summed E-state index contributed by atoms with van der Waals surface area (Å²) in [6, 6.07) is 24.5. The smallest absolute Gasteiger partial charge is 0.415 e. The number of benzene rings is 3. The Morgan fingerprint density at radius 1 is 0.861 bits per heavy atom. The van der Waals surface area contributed by atoms with Gasteiger partial charge in [-0.1, -0.05) is 24.3 Å². The van der Waals surface area contributed by atoms with Gasteiger partial charge in [-0.15, -0.1) is 0 Å². The Hall–Kier alpha value is -6.98. The van der Waals surface area contributed by atoms with Crippen LogP contribution < -0.4 is 34.4 Å². The molecule has 8 heterocycles. The molecular weight excluding hydrogens is 913 g/mol. The molecule has 11 rings (SSSR count). The van der Waals surface area contributed by atoms with E-state index in [-0.39, 0.29) is 30.5 Å². The number of nitrogens with zero attached hydrogens (tertiary/aromatic N) is 9. The van der Waals surface area contributed by atoms with E-state index in [9.17, 15) is 14.4 Å². The predicted octanol–water partition coefficient (Wildman–Crippen LogP) is 8.22. The van der Waals surface area contributed by atoms with Crippen molar-refractivity contribution in [2.24, 2.45) is 0 Å². The molecule has 17 heteroatoms. The van der Waals surface area contributed by atoms with Gasteiger partial charge in [-0.3, -0.25) is 24.4 Å². The SMILES string of the molecule is COc1ccc(CN2C(=O)CCN(c3ccc(N4CC(N5CCC6(CC5)CC(c5ccc(Nc7ncc8c(n7)CN(c7cnc9c(c7C)N(C(=O)OC(C)(C)C)CCO9)CC8)cc5)CO6)C4)cc3)C2=O)cc1. The maximum atomic E-state index is 13.5. The van der Waals surface area contributed by atoms with Gasteiger partial charge >= 0.3 is 12.1 Å². The van der Waals surface area contributed by atoms with Crippen LogP contribution >= 0.6 is 0 Å². The number of ether oxygens (including phenoxy) is 4. The van der Waals surface area contributed by atoms with Crippen molar-refractivity contribution in [3.05, 3.63) is 113 Å². The van der Waals surface area contributed by atoms with Crippen molar-refractivity contribution < 1.29 is 33.3 Å². The molecule has 6 aliphatic heterocycles. The minimum Gasteiger partial charge on any atom is -0.497 e. The van der Waals surface area contributed by atoms with Gasteiger partial charge in [-0.2, -0.15) is 0 Å². The second-order valence-electron chi connectivity index (χ2n) is 21.0. The minimum absolute atomic E-state index is 0.0815. The highest BCUT2D eigenvalue weighted by Gasteiger charge is 2.45. The highest BCUT2D eigenvalue weighted by atomic mass is 16.6. The Morgan fingerprint density at radius 3 is 2.35 bits per heavy atom. The second kappa shape index (κ2) is 19.2. The molecule has 72 heavy (non-hydrogen) atoms. The molecule has 5 aromatic rings. The Balaban J connectivity index is 0.648. The van der Waals surface area contributed by atoms with Gasteiger partial charge in [0.2, 0.25) is 17.7 Å². The highest BCUT2D eigenvalue weighted by Crippen LogP contribution is 2.44. The Morgan fingerprint density at radius 2 is 1.61 bits per heavy atom. The summed E-state index contributed by atoms with van der Waals surface area (Å²) < 4.78 is 23.5. The van der Waals surface area contributed by atoms with Crippen molar-refractivity contribution in [3.8, 4) is 11.6 Å². The lowest BCUT2D eigenvalue weighted by Crippen LogP contribution is -2.62. The summed E-state index contributed by atoms with van der Waals surface area (Å²) in [6.45, 7) is 15.0. The number of carbonyl (C=O) groups excluding carboxylic acids is 3.